The maximum Gasteiger partial charge on any atom is 0.417 e. The van der Waals surface area contributed by atoms with E-state index < -0.39 is 41.7 Å². The van der Waals surface area contributed by atoms with E-state index in [0.717, 1.165) is 12.1 Å². The summed E-state index contributed by atoms with van der Waals surface area (Å²) >= 11 is 0. The zero-order chi connectivity index (χ0) is 21.4. The standard InChI is InChI=1S/C22H20F5NO/c1-20(2,15-3-5-16(23)6-4-15)13-21(29,22(25,26)27)12-14-9-10-28-19-11-17(24)7-8-18(14)19/h3-11,29H,12-13H2,1-2H3. The smallest absolute Gasteiger partial charge is 0.380 e. The molecule has 0 aliphatic carbocycles. The summed E-state index contributed by atoms with van der Waals surface area (Å²) < 4.78 is 68.6. The Kier molecular flexibility index (Phi) is 5.38. The number of rotatable bonds is 5. The minimum atomic E-state index is -4.92. The Morgan fingerprint density at radius 2 is 1.52 bits per heavy atom. The fourth-order valence-electron chi connectivity index (χ4n) is 3.65. The molecule has 0 amide bonds. The van der Waals surface area contributed by atoms with Gasteiger partial charge < -0.3 is 5.11 Å². The summed E-state index contributed by atoms with van der Waals surface area (Å²) in [5.41, 5.74) is -3.24. The molecule has 1 atom stereocenters. The summed E-state index contributed by atoms with van der Waals surface area (Å²) in [4.78, 5) is 3.99. The maximum absolute atomic E-state index is 14.0. The predicted octanol–water partition coefficient (Wildman–Crippen LogP) is 5.72. The second kappa shape index (κ2) is 7.37. The molecule has 0 aliphatic heterocycles. The van der Waals surface area contributed by atoms with Gasteiger partial charge in [-0.15, -0.1) is 0 Å². The highest BCUT2D eigenvalue weighted by atomic mass is 19.4. The van der Waals surface area contributed by atoms with E-state index in [1.54, 1.807) is 13.8 Å². The van der Waals surface area contributed by atoms with Crippen LogP contribution < -0.4 is 0 Å². The van der Waals surface area contributed by atoms with E-state index in [1.165, 1.54) is 42.6 Å². The summed E-state index contributed by atoms with van der Waals surface area (Å²) in [7, 11) is 0. The largest absolute Gasteiger partial charge is 0.417 e. The minimum absolute atomic E-state index is 0.213. The van der Waals surface area contributed by atoms with Crippen molar-refractivity contribution in [2.75, 3.05) is 0 Å². The first kappa shape index (κ1) is 21.2. The quantitative estimate of drug-likeness (QED) is 0.547. The van der Waals surface area contributed by atoms with Gasteiger partial charge in [0.15, 0.2) is 5.60 Å². The third-order valence-electron chi connectivity index (χ3n) is 5.17. The Morgan fingerprint density at radius 3 is 2.14 bits per heavy atom. The average molecular weight is 409 g/mol. The molecular weight excluding hydrogens is 389 g/mol. The predicted molar refractivity (Wildman–Crippen MR) is 100 cm³/mol. The van der Waals surface area contributed by atoms with Crippen LogP contribution in [-0.2, 0) is 11.8 Å². The molecule has 3 aromatic rings. The van der Waals surface area contributed by atoms with Crippen molar-refractivity contribution in [2.45, 2.75) is 43.9 Å². The lowest BCUT2D eigenvalue weighted by atomic mass is 9.73. The van der Waals surface area contributed by atoms with Crippen LogP contribution in [0, 0.1) is 11.6 Å². The van der Waals surface area contributed by atoms with Crippen molar-refractivity contribution in [1.82, 2.24) is 4.98 Å². The molecule has 3 rings (SSSR count). The molecule has 0 spiro atoms. The van der Waals surface area contributed by atoms with Gasteiger partial charge >= 0.3 is 6.18 Å². The summed E-state index contributed by atoms with van der Waals surface area (Å²) in [6.45, 7) is 3.13. The van der Waals surface area contributed by atoms with Crippen LogP contribution in [0.15, 0.2) is 54.7 Å². The Morgan fingerprint density at radius 1 is 0.897 bits per heavy atom. The van der Waals surface area contributed by atoms with Crippen molar-refractivity contribution in [3.63, 3.8) is 0 Å². The van der Waals surface area contributed by atoms with Gasteiger partial charge in [0.05, 0.1) is 5.52 Å². The number of pyridine rings is 1. The van der Waals surface area contributed by atoms with Gasteiger partial charge in [0.2, 0.25) is 0 Å². The van der Waals surface area contributed by atoms with Crippen LogP contribution in [0.1, 0.15) is 31.4 Å². The molecule has 1 aromatic heterocycles. The Hall–Kier alpha value is -2.54. The monoisotopic (exact) mass is 409 g/mol. The summed E-state index contributed by atoms with van der Waals surface area (Å²) in [5.74, 6) is -1.04. The van der Waals surface area contributed by atoms with E-state index in [1.807, 2.05) is 0 Å². The Bertz CT molecular complexity index is 1010. The van der Waals surface area contributed by atoms with Gasteiger partial charge in [-0.2, -0.15) is 13.2 Å². The highest BCUT2D eigenvalue weighted by Crippen LogP contribution is 2.43. The molecule has 0 bridgehead atoms. The number of hydrogen-bond acceptors (Lipinski definition) is 2. The van der Waals surface area contributed by atoms with Crippen molar-refractivity contribution in [3.05, 3.63) is 77.5 Å². The van der Waals surface area contributed by atoms with Crippen molar-refractivity contribution in [1.29, 1.82) is 0 Å². The van der Waals surface area contributed by atoms with Gasteiger partial charge in [0, 0.05) is 24.1 Å². The first-order valence-electron chi connectivity index (χ1n) is 9.00. The molecule has 0 saturated heterocycles. The topological polar surface area (TPSA) is 33.1 Å². The first-order chi connectivity index (χ1) is 13.4. The fourth-order valence-corrected chi connectivity index (χ4v) is 3.65. The number of aromatic nitrogens is 1. The summed E-state index contributed by atoms with van der Waals surface area (Å²) in [5, 5.41) is 11.1. The maximum atomic E-state index is 14.0. The molecule has 2 nitrogen and oxygen atoms in total. The van der Waals surface area contributed by atoms with Crippen molar-refractivity contribution >= 4 is 10.9 Å². The van der Waals surface area contributed by atoms with E-state index in [0.29, 0.717) is 10.9 Å². The zero-order valence-electron chi connectivity index (χ0n) is 15.9. The highest BCUT2D eigenvalue weighted by Gasteiger charge is 2.55. The normalized spacial score (nSPS) is 14.8. The average Bonchev–Trinajstić information content (AvgIpc) is 2.60. The molecule has 154 valence electrons. The van der Waals surface area contributed by atoms with Gasteiger partial charge in [-0.3, -0.25) is 4.98 Å². The Labute approximate surface area is 165 Å². The molecule has 0 fully saturated rings. The van der Waals surface area contributed by atoms with E-state index in [4.69, 9.17) is 0 Å². The van der Waals surface area contributed by atoms with Crippen LogP contribution in [0.5, 0.6) is 0 Å². The number of hydrogen-bond donors (Lipinski definition) is 1. The molecule has 1 N–H and O–H groups in total. The summed E-state index contributed by atoms with van der Waals surface area (Å²) in [6.07, 6.45) is -4.98. The lowest BCUT2D eigenvalue weighted by Crippen LogP contribution is -2.50. The van der Waals surface area contributed by atoms with Gasteiger partial charge in [-0.05, 0) is 53.3 Å². The first-order valence-corrected chi connectivity index (χ1v) is 9.00. The van der Waals surface area contributed by atoms with Crippen LogP contribution in [0.3, 0.4) is 0 Å². The lowest BCUT2D eigenvalue weighted by molar-refractivity contribution is -0.266. The van der Waals surface area contributed by atoms with Crippen LogP contribution in [0.4, 0.5) is 22.0 Å². The second-order valence-corrected chi connectivity index (χ2v) is 7.91. The minimum Gasteiger partial charge on any atom is -0.380 e. The molecule has 1 unspecified atom stereocenters. The molecule has 0 aliphatic rings. The summed E-state index contributed by atoms with van der Waals surface area (Å²) in [6, 6.07) is 10.2. The number of fused-ring (bicyclic) bond motifs is 1. The fraction of sp³-hybridized carbons (Fsp3) is 0.318. The van der Waals surface area contributed by atoms with E-state index in [2.05, 4.69) is 4.98 Å². The van der Waals surface area contributed by atoms with E-state index in [9.17, 15) is 27.1 Å². The number of benzene rings is 2. The molecule has 29 heavy (non-hydrogen) atoms. The number of nitrogens with zero attached hydrogens (tertiary/aromatic N) is 1. The van der Waals surface area contributed by atoms with Crippen LogP contribution in [-0.4, -0.2) is 21.9 Å². The second-order valence-electron chi connectivity index (χ2n) is 7.91. The van der Waals surface area contributed by atoms with Gasteiger partial charge in [-0.1, -0.05) is 26.0 Å². The van der Waals surface area contributed by atoms with Gasteiger partial charge in [-0.25, -0.2) is 8.78 Å². The number of aliphatic hydroxyl groups is 1. The molecule has 1 heterocycles. The van der Waals surface area contributed by atoms with Crippen LogP contribution in [0.2, 0.25) is 0 Å². The van der Waals surface area contributed by atoms with Gasteiger partial charge in [0.1, 0.15) is 11.6 Å². The molecule has 0 saturated carbocycles. The van der Waals surface area contributed by atoms with E-state index >= 15 is 0 Å². The number of alkyl halides is 3. The molecule has 7 heteroatoms. The third kappa shape index (κ3) is 4.40. The lowest BCUT2D eigenvalue weighted by Gasteiger charge is -2.38. The molecule has 0 radical (unpaired) electrons. The zero-order valence-corrected chi connectivity index (χ0v) is 15.9. The van der Waals surface area contributed by atoms with Crippen molar-refractivity contribution in [2.24, 2.45) is 0 Å². The molecular formula is C22H20F5NO. The van der Waals surface area contributed by atoms with Crippen LogP contribution in [0.25, 0.3) is 10.9 Å². The third-order valence-corrected chi connectivity index (χ3v) is 5.17. The van der Waals surface area contributed by atoms with Crippen molar-refractivity contribution < 1.29 is 27.1 Å². The SMILES string of the molecule is CC(C)(CC(O)(Cc1ccnc2cc(F)ccc12)C(F)(F)F)c1ccc(F)cc1. The molecule has 2 aromatic carbocycles. The number of halogens is 5. The van der Waals surface area contributed by atoms with Crippen LogP contribution >= 0.6 is 0 Å². The Balaban J connectivity index is 2.01. The van der Waals surface area contributed by atoms with E-state index in [-0.39, 0.29) is 11.1 Å². The van der Waals surface area contributed by atoms with Crippen molar-refractivity contribution in [3.8, 4) is 0 Å². The highest BCUT2D eigenvalue weighted by molar-refractivity contribution is 5.82. The van der Waals surface area contributed by atoms with Gasteiger partial charge in [0.25, 0.3) is 0 Å².